The number of hydrogen-bond acceptors (Lipinski definition) is 4. The number of amides is 2. The van der Waals surface area contributed by atoms with Crippen LogP contribution < -0.4 is 16.6 Å². The Labute approximate surface area is 168 Å². The maximum Gasteiger partial charge on any atom is 0.328 e. The van der Waals surface area contributed by atoms with Gasteiger partial charge in [0.1, 0.15) is 6.54 Å². The number of carbonyl (C=O) groups excluding carboxylic acids is 2. The molecule has 0 spiro atoms. The van der Waals surface area contributed by atoms with Crippen LogP contribution in [-0.2, 0) is 22.6 Å². The molecule has 2 aromatic rings. The van der Waals surface area contributed by atoms with Crippen LogP contribution in [0.2, 0.25) is 0 Å². The van der Waals surface area contributed by atoms with Crippen molar-refractivity contribution in [3.05, 3.63) is 68.5 Å². The molecule has 1 fully saturated rings. The van der Waals surface area contributed by atoms with Gasteiger partial charge in [-0.05, 0) is 25.3 Å². The number of likely N-dealkylation sites (tertiary alicyclic amines) is 1. The molecule has 0 bridgehead atoms. The Balaban J connectivity index is 1.72. The Morgan fingerprint density at radius 1 is 1.17 bits per heavy atom. The molecule has 8 nitrogen and oxygen atoms in total. The SMILES string of the molecule is CCCNC(=O)C1(Cc2ccccc2)CN(C(=O)Cn2cc(C)c(=O)[nH]c2=O)C1. The lowest BCUT2D eigenvalue weighted by Gasteiger charge is -2.49. The van der Waals surface area contributed by atoms with E-state index < -0.39 is 16.7 Å². The van der Waals surface area contributed by atoms with E-state index >= 15 is 0 Å². The molecule has 2 N–H and O–H groups in total. The number of nitrogens with one attached hydrogen (secondary N) is 2. The normalized spacial score (nSPS) is 14.9. The fourth-order valence-corrected chi connectivity index (χ4v) is 3.59. The molecule has 1 aliphatic rings. The molecule has 29 heavy (non-hydrogen) atoms. The van der Waals surface area contributed by atoms with Crippen molar-refractivity contribution in [2.75, 3.05) is 19.6 Å². The predicted molar refractivity (Wildman–Crippen MR) is 109 cm³/mol. The van der Waals surface area contributed by atoms with Gasteiger partial charge in [0, 0.05) is 31.4 Å². The summed E-state index contributed by atoms with van der Waals surface area (Å²) in [5.74, 6) is -0.310. The smallest absolute Gasteiger partial charge is 0.328 e. The van der Waals surface area contributed by atoms with E-state index in [2.05, 4.69) is 10.3 Å². The van der Waals surface area contributed by atoms with Crippen molar-refractivity contribution in [3.63, 3.8) is 0 Å². The van der Waals surface area contributed by atoms with Gasteiger partial charge in [0.05, 0.1) is 5.41 Å². The molecule has 1 saturated heterocycles. The third-order valence-electron chi connectivity index (χ3n) is 5.24. The number of hydrogen-bond donors (Lipinski definition) is 2. The minimum Gasteiger partial charge on any atom is -0.356 e. The molecule has 2 amide bonds. The molecule has 2 heterocycles. The first-order valence-corrected chi connectivity index (χ1v) is 9.75. The van der Waals surface area contributed by atoms with E-state index in [1.807, 2.05) is 37.3 Å². The zero-order valence-corrected chi connectivity index (χ0v) is 16.7. The molecule has 154 valence electrons. The summed E-state index contributed by atoms with van der Waals surface area (Å²) >= 11 is 0. The first-order valence-electron chi connectivity index (χ1n) is 9.75. The van der Waals surface area contributed by atoms with Crippen molar-refractivity contribution in [1.29, 1.82) is 0 Å². The zero-order chi connectivity index (χ0) is 21.0. The minimum absolute atomic E-state index is 0.0516. The number of benzene rings is 1. The van der Waals surface area contributed by atoms with Crippen molar-refractivity contribution in [1.82, 2.24) is 19.8 Å². The average Bonchev–Trinajstić information content (AvgIpc) is 2.67. The van der Waals surface area contributed by atoms with Crippen LogP contribution in [0.15, 0.2) is 46.1 Å². The number of aryl methyl sites for hydroxylation is 1. The Kier molecular flexibility index (Phi) is 6.00. The highest BCUT2D eigenvalue weighted by Crippen LogP contribution is 2.35. The Morgan fingerprint density at radius 3 is 2.52 bits per heavy atom. The molecule has 0 radical (unpaired) electrons. The summed E-state index contributed by atoms with van der Waals surface area (Å²) in [6, 6.07) is 9.73. The average molecular weight is 398 g/mol. The summed E-state index contributed by atoms with van der Waals surface area (Å²) in [5.41, 5.74) is -0.349. The van der Waals surface area contributed by atoms with E-state index in [0.29, 0.717) is 31.6 Å². The van der Waals surface area contributed by atoms with Gasteiger partial charge in [-0.2, -0.15) is 0 Å². The van der Waals surface area contributed by atoms with Crippen molar-refractivity contribution in [2.24, 2.45) is 5.41 Å². The van der Waals surface area contributed by atoms with Crippen LogP contribution >= 0.6 is 0 Å². The van der Waals surface area contributed by atoms with Gasteiger partial charge in [-0.3, -0.25) is 23.9 Å². The molecular weight excluding hydrogens is 372 g/mol. The second kappa shape index (κ2) is 8.46. The molecule has 1 aromatic heterocycles. The Hall–Kier alpha value is -3.16. The third kappa shape index (κ3) is 4.47. The van der Waals surface area contributed by atoms with Crippen LogP contribution in [0.1, 0.15) is 24.5 Å². The lowest BCUT2D eigenvalue weighted by atomic mass is 9.73. The summed E-state index contributed by atoms with van der Waals surface area (Å²) in [5, 5.41) is 2.96. The molecule has 1 aliphatic heterocycles. The van der Waals surface area contributed by atoms with Crippen LogP contribution in [-0.4, -0.2) is 45.9 Å². The number of aromatic amines is 1. The molecule has 8 heteroatoms. The van der Waals surface area contributed by atoms with Gasteiger partial charge in [-0.1, -0.05) is 37.3 Å². The molecule has 0 aliphatic carbocycles. The fourth-order valence-electron chi connectivity index (χ4n) is 3.59. The highest BCUT2D eigenvalue weighted by atomic mass is 16.2. The summed E-state index contributed by atoms with van der Waals surface area (Å²) in [6.07, 6.45) is 2.76. The van der Waals surface area contributed by atoms with Crippen LogP contribution in [0.25, 0.3) is 0 Å². The number of aromatic nitrogens is 2. The number of carbonyl (C=O) groups is 2. The Morgan fingerprint density at radius 2 is 1.86 bits per heavy atom. The van der Waals surface area contributed by atoms with Gasteiger partial charge in [0.15, 0.2) is 0 Å². The van der Waals surface area contributed by atoms with E-state index in [-0.39, 0.29) is 18.4 Å². The minimum atomic E-state index is -0.669. The first-order chi connectivity index (χ1) is 13.8. The van der Waals surface area contributed by atoms with E-state index in [1.165, 1.54) is 10.8 Å². The monoisotopic (exact) mass is 398 g/mol. The number of H-pyrrole nitrogens is 1. The van der Waals surface area contributed by atoms with Crippen molar-refractivity contribution < 1.29 is 9.59 Å². The van der Waals surface area contributed by atoms with Gasteiger partial charge in [0.25, 0.3) is 5.56 Å². The summed E-state index contributed by atoms with van der Waals surface area (Å²) in [6.45, 7) is 4.58. The van der Waals surface area contributed by atoms with E-state index in [4.69, 9.17) is 0 Å². The second-order valence-corrected chi connectivity index (χ2v) is 7.65. The maximum atomic E-state index is 12.8. The molecular formula is C21H26N4O4. The Bertz CT molecular complexity index is 1000. The lowest BCUT2D eigenvalue weighted by molar-refractivity contribution is -0.154. The van der Waals surface area contributed by atoms with Crippen molar-refractivity contribution in [2.45, 2.75) is 33.2 Å². The summed E-state index contributed by atoms with van der Waals surface area (Å²) in [4.78, 5) is 52.7. The standard InChI is InChI=1S/C21H26N4O4/c1-3-9-22-19(28)21(10-16-7-5-4-6-8-16)13-25(14-21)17(26)12-24-11-15(2)18(27)23-20(24)29/h4-8,11H,3,9-10,12-14H2,1-2H3,(H,22,28)(H,23,27,29). The number of nitrogens with zero attached hydrogens (tertiary/aromatic N) is 2. The number of rotatable bonds is 7. The van der Waals surface area contributed by atoms with E-state index in [1.54, 1.807) is 11.8 Å². The van der Waals surface area contributed by atoms with Gasteiger partial charge < -0.3 is 10.2 Å². The molecule has 3 rings (SSSR count). The first kappa shape index (κ1) is 20.6. The third-order valence-corrected chi connectivity index (χ3v) is 5.24. The molecule has 0 atom stereocenters. The van der Waals surface area contributed by atoms with Gasteiger partial charge in [-0.25, -0.2) is 4.79 Å². The molecule has 1 aromatic carbocycles. The van der Waals surface area contributed by atoms with Crippen LogP contribution in [0, 0.1) is 12.3 Å². The quantitative estimate of drug-likeness (QED) is 0.706. The maximum absolute atomic E-state index is 12.8. The molecule has 0 unspecified atom stereocenters. The van der Waals surface area contributed by atoms with Gasteiger partial charge >= 0.3 is 5.69 Å². The van der Waals surface area contributed by atoms with Gasteiger partial charge in [-0.15, -0.1) is 0 Å². The van der Waals surface area contributed by atoms with Crippen LogP contribution in [0.4, 0.5) is 0 Å². The van der Waals surface area contributed by atoms with Gasteiger partial charge in [0.2, 0.25) is 11.8 Å². The zero-order valence-electron chi connectivity index (χ0n) is 16.7. The lowest BCUT2D eigenvalue weighted by Crippen LogP contribution is -2.66. The predicted octanol–water partition coefficient (Wildman–Crippen LogP) is 0.443. The van der Waals surface area contributed by atoms with Crippen molar-refractivity contribution >= 4 is 11.8 Å². The molecule has 0 saturated carbocycles. The second-order valence-electron chi connectivity index (χ2n) is 7.65. The van der Waals surface area contributed by atoms with E-state index in [9.17, 15) is 19.2 Å². The van der Waals surface area contributed by atoms with Crippen LogP contribution in [0.3, 0.4) is 0 Å². The largest absolute Gasteiger partial charge is 0.356 e. The fraction of sp³-hybridized carbons (Fsp3) is 0.429. The summed E-state index contributed by atoms with van der Waals surface area (Å²) in [7, 11) is 0. The topological polar surface area (TPSA) is 104 Å². The summed E-state index contributed by atoms with van der Waals surface area (Å²) < 4.78 is 1.19. The van der Waals surface area contributed by atoms with Crippen LogP contribution in [0.5, 0.6) is 0 Å². The highest BCUT2D eigenvalue weighted by molar-refractivity contribution is 5.88. The highest BCUT2D eigenvalue weighted by Gasteiger charge is 2.50. The van der Waals surface area contributed by atoms with E-state index in [0.717, 1.165) is 12.0 Å². The van der Waals surface area contributed by atoms with Crippen molar-refractivity contribution in [3.8, 4) is 0 Å².